The van der Waals surface area contributed by atoms with Gasteiger partial charge in [-0.05, 0) is 32.4 Å². The molecule has 2 fully saturated rings. The van der Waals surface area contributed by atoms with Crippen LogP contribution in [0.15, 0.2) is 24.3 Å². The fraction of sp³-hybridized carbons (Fsp3) is 0.600. The number of aryl methyl sites for hydroxylation is 1. The van der Waals surface area contributed by atoms with Crippen molar-refractivity contribution >= 4 is 16.8 Å². The third-order valence-electron chi connectivity index (χ3n) is 5.58. The summed E-state index contributed by atoms with van der Waals surface area (Å²) in [5.74, 6) is 0.420. The van der Waals surface area contributed by atoms with Crippen molar-refractivity contribution < 1.29 is 9.53 Å². The van der Waals surface area contributed by atoms with Crippen molar-refractivity contribution in [3.05, 3.63) is 30.0 Å². The van der Waals surface area contributed by atoms with E-state index in [9.17, 15) is 4.79 Å². The smallest absolute Gasteiger partial charge is 0.227 e. The van der Waals surface area contributed by atoms with E-state index in [1.165, 1.54) is 10.9 Å². The van der Waals surface area contributed by atoms with Crippen LogP contribution in [-0.2, 0) is 22.6 Å². The molecule has 0 aliphatic carbocycles. The van der Waals surface area contributed by atoms with Crippen LogP contribution in [0.2, 0.25) is 0 Å². The van der Waals surface area contributed by atoms with E-state index in [1.807, 2.05) is 4.90 Å². The molecule has 0 spiro atoms. The molecular formula is C20H28N4O2. The fourth-order valence-electron chi connectivity index (χ4n) is 4.21. The minimum atomic E-state index is 0.112. The summed E-state index contributed by atoms with van der Waals surface area (Å²) < 4.78 is 7.45. The Balaban J connectivity index is 1.46. The number of rotatable bonds is 4. The summed E-state index contributed by atoms with van der Waals surface area (Å²) in [6.45, 7) is 8.51. The largest absolute Gasteiger partial charge is 0.378 e. The number of likely N-dealkylation sites (tertiary alicyclic amines) is 1. The Labute approximate surface area is 154 Å². The maximum atomic E-state index is 12.8. The zero-order chi connectivity index (χ0) is 17.9. The van der Waals surface area contributed by atoms with Crippen LogP contribution in [0.1, 0.15) is 25.5 Å². The first-order chi connectivity index (χ1) is 12.8. The van der Waals surface area contributed by atoms with Gasteiger partial charge in [0, 0.05) is 38.1 Å². The number of piperidine rings is 1. The lowest BCUT2D eigenvalue weighted by Gasteiger charge is -2.36. The van der Waals surface area contributed by atoms with Crippen molar-refractivity contribution in [3.63, 3.8) is 0 Å². The molecule has 2 saturated heterocycles. The number of benzene rings is 1. The molecule has 1 amide bonds. The highest BCUT2D eigenvalue weighted by atomic mass is 16.5. The minimum absolute atomic E-state index is 0.112. The summed E-state index contributed by atoms with van der Waals surface area (Å²) in [7, 11) is 0. The van der Waals surface area contributed by atoms with Gasteiger partial charge >= 0.3 is 0 Å². The van der Waals surface area contributed by atoms with E-state index in [0.29, 0.717) is 19.1 Å². The first-order valence-corrected chi connectivity index (χ1v) is 9.79. The van der Waals surface area contributed by atoms with E-state index in [1.54, 1.807) is 0 Å². The van der Waals surface area contributed by atoms with Gasteiger partial charge in [-0.1, -0.05) is 18.2 Å². The molecule has 1 aromatic carbocycles. The first kappa shape index (κ1) is 17.5. The van der Waals surface area contributed by atoms with Gasteiger partial charge in [0.1, 0.15) is 0 Å². The number of morpholine rings is 1. The van der Waals surface area contributed by atoms with Gasteiger partial charge in [0.05, 0.1) is 30.3 Å². The first-order valence-electron chi connectivity index (χ1n) is 9.79. The molecule has 3 heterocycles. The maximum absolute atomic E-state index is 12.8. The normalized spacial score (nSPS) is 22.0. The fourth-order valence-corrected chi connectivity index (χ4v) is 4.21. The van der Waals surface area contributed by atoms with Crippen molar-refractivity contribution in [1.82, 2.24) is 19.6 Å². The summed E-state index contributed by atoms with van der Waals surface area (Å²) in [6, 6.07) is 8.44. The molecule has 140 valence electrons. The second kappa shape index (κ2) is 7.76. The highest BCUT2D eigenvalue weighted by Gasteiger charge is 2.30. The third-order valence-corrected chi connectivity index (χ3v) is 5.58. The lowest BCUT2D eigenvalue weighted by Crippen LogP contribution is -2.48. The number of hydrogen-bond acceptors (Lipinski definition) is 4. The average molecular weight is 356 g/mol. The van der Waals surface area contributed by atoms with Gasteiger partial charge in [-0.25, -0.2) is 0 Å². The number of nitrogens with zero attached hydrogens (tertiary/aromatic N) is 4. The molecule has 1 atom stereocenters. The van der Waals surface area contributed by atoms with Gasteiger partial charge in [0.15, 0.2) is 0 Å². The van der Waals surface area contributed by atoms with Gasteiger partial charge in [0.2, 0.25) is 5.91 Å². The van der Waals surface area contributed by atoms with Crippen LogP contribution in [0.5, 0.6) is 0 Å². The van der Waals surface area contributed by atoms with Crippen LogP contribution < -0.4 is 0 Å². The number of aromatic nitrogens is 2. The molecule has 0 N–H and O–H groups in total. The lowest BCUT2D eigenvalue weighted by atomic mass is 9.96. The van der Waals surface area contributed by atoms with Crippen LogP contribution in [-0.4, -0.2) is 64.9 Å². The van der Waals surface area contributed by atoms with Crippen molar-refractivity contribution in [1.29, 1.82) is 0 Å². The van der Waals surface area contributed by atoms with Crippen LogP contribution in [0.25, 0.3) is 10.9 Å². The topological polar surface area (TPSA) is 50.6 Å². The predicted octanol–water partition coefficient (Wildman–Crippen LogP) is 2.13. The molecule has 6 heteroatoms. The Kier molecular flexibility index (Phi) is 5.22. The van der Waals surface area contributed by atoms with Crippen LogP contribution in [0, 0.1) is 5.92 Å². The van der Waals surface area contributed by atoms with E-state index in [2.05, 4.69) is 40.8 Å². The SMILES string of the molecule is CCn1nc(CN2CCCC(C(=O)N3CCOCC3)C2)c2ccccc21. The van der Waals surface area contributed by atoms with Crippen LogP contribution in [0.3, 0.4) is 0 Å². The molecular weight excluding hydrogens is 328 g/mol. The molecule has 0 saturated carbocycles. The second-order valence-electron chi connectivity index (χ2n) is 7.29. The van der Waals surface area contributed by atoms with E-state index in [4.69, 9.17) is 9.84 Å². The van der Waals surface area contributed by atoms with Gasteiger partial charge in [-0.3, -0.25) is 14.4 Å². The Hall–Kier alpha value is -1.92. The van der Waals surface area contributed by atoms with Gasteiger partial charge in [-0.2, -0.15) is 5.10 Å². The van der Waals surface area contributed by atoms with Crippen LogP contribution >= 0.6 is 0 Å². The quantitative estimate of drug-likeness (QED) is 0.842. The predicted molar refractivity (Wildman–Crippen MR) is 101 cm³/mol. The third kappa shape index (κ3) is 3.48. The highest BCUT2D eigenvalue weighted by Crippen LogP contribution is 2.24. The van der Waals surface area contributed by atoms with E-state index >= 15 is 0 Å². The molecule has 2 aliphatic rings. The molecule has 4 rings (SSSR count). The molecule has 0 radical (unpaired) electrons. The van der Waals surface area contributed by atoms with E-state index in [0.717, 1.165) is 57.8 Å². The number of fused-ring (bicyclic) bond motifs is 1. The Morgan fingerprint density at radius 1 is 1.23 bits per heavy atom. The standard InChI is InChI=1S/C20H28N4O2/c1-2-24-19-8-4-3-7-17(19)18(21-24)15-22-9-5-6-16(14-22)20(25)23-10-12-26-13-11-23/h3-4,7-8,16H,2,5-6,9-15H2,1H3. The van der Waals surface area contributed by atoms with Crippen LogP contribution in [0.4, 0.5) is 0 Å². The zero-order valence-electron chi connectivity index (χ0n) is 15.6. The Bertz CT molecular complexity index is 766. The number of hydrogen-bond donors (Lipinski definition) is 0. The minimum Gasteiger partial charge on any atom is -0.378 e. The highest BCUT2D eigenvalue weighted by molar-refractivity contribution is 5.82. The van der Waals surface area contributed by atoms with Gasteiger partial charge in [0.25, 0.3) is 0 Å². The number of carbonyl (C=O) groups is 1. The molecule has 0 bridgehead atoms. The van der Waals surface area contributed by atoms with Crippen molar-refractivity contribution in [3.8, 4) is 0 Å². The second-order valence-corrected chi connectivity index (χ2v) is 7.29. The summed E-state index contributed by atoms with van der Waals surface area (Å²) in [4.78, 5) is 17.2. The summed E-state index contributed by atoms with van der Waals surface area (Å²) in [6.07, 6.45) is 2.07. The monoisotopic (exact) mass is 356 g/mol. The van der Waals surface area contributed by atoms with E-state index in [-0.39, 0.29) is 5.92 Å². The summed E-state index contributed by atoms with van der Waals surface area (Å²) >= 11 is 0. The molecule has 1 aromatic heterocycles. The van der Waals surface area contributed by atoms with Crippen molar-refractivity contribution in [2.45, 2.75) is 32.9 Å². The van der Waals surface area contributed by atoms with Gasteiger partial charge < -0.3 is 9.64 Å². The molecule has 26 heavy (non-hydrogen) atoms. The maximum Gasteiger partial charge on any atom is 0.227 e. The Morgan fingerprint density at radius 2 is 2.04 bits per heavy atom. The van der Waals surface area contributed by atoms with Crippen molar-refractivity contribution in [2.24, 2.45) is 5.92 Å². The van der Waals surface area contributed by atoms with Crippen molar-refractivity contribution in [2.75, 3.05) is 39.4 Å². The summed E-state index contributed by atoms with van der Waals surface area (Å²) in [5, 5.41) is 6.06. The number of ether oxygens (including phenoxy) is 1. The Morgan fingerprint density at radius 3 is 2.85 bits per heavy atom. The lowest BCUT2D eigenvalue weighted by molar-refractivity contribution is -0.141. The van der Waals surface area contributed by atoms with Gasteiger partial charge in [-0.15, -0.1) is 0 Å². The molecule has 1 unspecified atom stereocenters. The number of para-hydroxylation sites is 1. The zero-order valence-corrected chi connectivity index (χ0v) is 15.6. The number of amides is 1. The molecule has 2 aliphatic heterocycles. The molecule has 6 nitrogen and oxygen atoms in total. The van der Waals surface area contributed by atoms with E-state index < -0.39 is 0 Å². The summed E-state index contributed by atoms with van der Waals surface area (Å²) in [5.41, 5.74) is 2.32. The average Bonchev–Trinajstić information content (AvgIpc) is 3.06. The molecule has 2 aromatic rings. The number of carbonyl (C=O) groups excluding carboxylic acids is 1.